The molecule has 3 N–H and O–H groups in total. The topological polar surface area (TPSA) is 99.8 Å². The average Bonchev–Trinajstić information content (AvgIpc) is 3.01. The molecule has 2 aromatic heterocycles. The zero-order chi connectivity index (χ0) is 19.2. The van der Waals surface area contributed by atoms with Crippen molar-refractivity contribution in [3.63, 3.8) is 0 Å². The first kappa shape index (κ1) is 22.3. The van der Waals surface area contributed by atoms with Crippen molar-refractivity contribution in [3.05, 3.63) is 47.5 Å². The van der Waals surface area contributed by atoms with Gasteiger partial charge in [0.1, 0.15) is 0 Å². The van der Waals surface area contributed by atoms with E-state index in [4.69, 9.17) is 0 Å². The number of nitrogens with zero attached hydrogens (tertiary/aromatic N) is 2. The third kappa shape index (κ3) is 9.91. The van der Waals surface area contributed by atoms with Crippen LogP contribution in [-0.4, -0.2) is 27.0 Å². The van der Waals surface area contributed by atoms with Gasteiger partial charge in [-0.05, 0) is 31.5 Å². The van der Waals surface area contributed by atoms with E-state index in [0.29, 0.717) is 6.54 Å². The normalized spacial score (nSPS) is 10.3. The Morgan fingerprint density at radius 1 is 1.16 bits per heavy atom. The third-order valence-electron chi connectivity index (χ3n) is 3.09. The molecule has 0 aliphatic rings. The van der Waals surface area contributed by atoms with Crippen LogP contribution in [0.2, 0.25) is 0 Å². The van der Waals surface area contributed by atoms with E-state index >= 15 is 0 Å². The van der Waals surface area contributed by atoms with Gasteiger partial charge in [0.2, 0.25) is 11.8 Å². The first-order chi connectivity index (χ1) is 11.9. The van der Waals surface area contributed by atoms with Crippen molar-refractivity contribution in [2.24, 2.45) is 0 Å². The fourth-order valence-corrected chi connectivity index (χ4v) is 1.81. The van der Waals surface area contributed by atoms with Gasteiger partial charge in [0.25, 0.3) is 0 Å². The van der Waals surface area contributed by atoms with E-state index in [2.05, 4.69) is 25.8 Å². The van der Waals surface area contributed by atoms with Gasteiger partial charge in [-0.3, -0.25) is 19.7 Å². The molecule has 138 valence electrons. The Labute approximate surface area is 149 Å². The predicted molar refractivity (Wildman–Crippen MR) is 98.7 cm³/mol. The van der Waals surface area contributed by atoms with Crippen LogP contribution in [0.1, 0.15) is 57.5 Å². The summed E-state index contributed by atoms with van der Waals surface area (Å²) in [5.74, 6) is -0.0371. The number of amides is 2. The number of pyridine rings is 1. The Hall–Kier alpha value is -2.70. The molecule has 0 aromatic carbocycles. The molecule has 0 aliphatic carbocycles. The smallest absolute Gasteiger partial charge is 0.217 e. The zero-order valence-corrected chi connectivity index (χ0v) is 15.9. The molecule has 0 saturated heterocycles. The molecule has 2 heterocycles. The highest BCUT2D eigenvalue weighted by molar-refractivity contribution is 5.73. The second-order valence-corrected chi connectivity index (χ2v) is 5.13. The highest BCUT2D eigenvalue weighted by Crippen LogP contribution is 2.09. The Morgan fingerprint density at radius 2 is 1.76 bits per heavy atom. The summed E-state index contributed by atoms with van der Waals surface area (Å²) in [5.41, 5.74) is 3.10. The number of aromatic nitrogens is 3. The lowest BCUT2D eigenvalue weighted by Gasteiger charge is -2.11. The van der Waals surface area contributed by atoms with Gasteiger partial charge in [0, 0.05) is 44.0 Å². The van der Waals surface area contributed by atoms with Gasteiger partial charge < -0.3 is 10.6 Å². The van der Waals surface area contributed by atoms with Gasteiger partial charge in [-0.2, -0.15) is 5.10 Å². The largest absolute Gasteiger partial charge is 0.352 e. The minimum Gasteiger partial charge on any atom is -0.352 e. The highest BCUT2D eigenvalue weighted by atomic mass is 16.2. The van der Waals surface area contributed by atoms with Gasteiger partial charge in [-0.1, -0.05) is 13.8 Å². The minimum absolute atomic E-state index is 0.0145. The van der Waals surface area contributed by atoms with Crippen molar-refractivity contribution in [3.8, 4) is 0 Å². The molecule has 7 heteroatoms. The van der Waals surface area contributed by atoms with Crippen LogP contribution in [0, 0.1) is 6.92 Å². The minimum atomic E-state index is -0.0226. The van der Waals surface area contributed by atoms with Crippen molar-refractivity contribution < 1.29 is 9.59 Å². The van der Waals surface area contributed by atoms with Gasteiger partial charge in [0.05, 0.1) is 12.2 Å². The van der Waals surface area contributed by atoms with Crippen LogP contribution in [0.5, 0.6) is 0 Å². The average molecular weight is 347 g/mol. The van der Waals surface area contributed by atoms with Crippen molar-refractivity contribution in [2.75, 3.05) is 0 Å². The number of H-pyrrole nitrogens is 1. The van der Waals surface area contributed by atoms with Crippen LogP contribution in [0.25, 0.3) is 0 Å². The standard InChI is InChI=1S/C9H12N2O.C7H11N3O.C2H6/c1-7(11-8(2)12)9-3-5-10-6-4-9;1-5-7(4-9-10-5)3-8-6(2)11;1-2/h3-7H,1-2H3,(H,11,12);4H,3H2,1-2H3,(H,8,11)(H,9,10);1-2H3. The lowest BCUT2D eigenvalue weighted by Crippen LogP contribution is -2.23. The number of hydrogen-bond acceptors (Lipinski definition) is 4. The van der Waals surface area contributed by atoms with E-state index in [9.17, 15) is 9.59 Å². The highest BCUT2D eigenvalue weighted by Gasteiger charge is 2.04. The molecule has 7 nitrogen and oxygen atoms in total. The molecule has 0 radical (unpaired) electrons. The van der Waals surface area contributed by atoms with Crippen molar-refractivity contribution in [1.82, 2.24) is 25.8 Å². The number of aromatic amines is 1. The van der Waals surface area contributed by atoms with Crippen LogP contribution < -0.4 is 10.6 Å². The summed E-state index contributed by atoms with van der Waals surface area (Å²) in [6.45, 7) is 11.4. The summed E-state index contributed by atoms with van der Waals surface area (Å²) in [6.07, 6.45) is 5.15. The maximum atomic E-state index is 10.7. The van der Waals surface area contributed by atoms with E-state index in [0.717, 1.165) is 16.8 Å². The molecule has 2 aromatic rings. The van der Waals surface area contributed by atoms with Gasteiger partial charge in [-0.15, -0.1) is 0 Å². The van der Waals surface area contributed by atoms with Gasteiger partial charge in [0.15, 0.2) is 0 Å². The fourth-order valence-electron chi connectivity index (χ4n) is 1.81. The Kier molecular flexibility index (Phi) is 11.3. The quantitative estimate of drug-likeness (QED) is 0.791. The van der Waals surface area contributed by atoms with E-state index in [1.54, 1.807) is 18.6 Å². The first-order valence-electron chi connectivity index (χ1n) is 8.30. The van der Waals surface area contributed by atoms with Crippen molar-refractivity contribution in [1.29, 1.82) is 0 Å². The summed E-state index contributed by atoms with van der Waals surface area (Å²) in [4.78, 5) is 25.1. The van der Waals surface area contributed by atoms with Crippen molar-refractivity contribution in [2.45, 2.75) is 54.1 Å². The Balaban J connectivity index is 0.000000421. The number of carbonyl (C=O) groups is 2. The van der Waals surface area contributed by atoms with E-state index < -0.39 is 0 Å². The van der Waals surface area contributed by atoms with E-state index in [1.165, 1.54) is 13.8 Å². The molecule has 0 fully saturated rings. The third-order valence-corrected chi connectivity index (χ3v) is 3.09. The van der Waals surface area contributed by atoms with Gasteiger partial charge in [-0.25, -0.2) is 0 Å². The summed E-state index contributed by atoms with van der Waals surface area (Å²) in [6, 6.07) is 3.84. The van der Waals surface area contributed by atoms with Crippen LogP contribution in [0.3, 0.4) is 0 Å². The molecule has 0 bridgehead atoms. The fraction of sp³-hybridized carbons (Fsp3) is 0.444. The molecule has 0 aliphatic heterocycles. The molecule has 0 saturated carbocycles. The maximum absolute atomic E-state index is 10.7. The summed E-state index contributed by atoms with van der Waals surface area (Å²) in [5, 5.41) is 12.1. The van der Waals surface area contributed by atoms with Crippen LogP contribution in [0.15, 0.2) is 30.7 Å². The number of carbonyl (C=O) groups excluding carboxylic acids is 2. The lowest BCUT2D eigenvalue weighted by atomic mass is 10.1. The Bertz CT molecular complexity index is 625. The molecule has 1 atom stereocenters. The van der Waals surface area contributed by atoms with Crippen LogP contribution in [-0.2, 0) is 16.1 Å². The molecular formula is C18H29N5O2. The van der Waals surface area contributed by atoms with E-state index in [-0.39, 0.29) is 17.9 Å². The first-order valence-corrected chi connectivity index (χ1v) is 8.30. The lowest BCUT2D eigenvalue weighted by molar-refractivity contribution is -0.120. The molecule has 2 amide bonds. The second-order valence-electron chi connectivity index (χ2n) is 5.13. The summed E-state index contributed by atoms with van der Waals surface area (Å²) in [7, 11) is 0. The number of hydrogen-bond donors (Lipinski definition) is 3. The molecular weight excluding hydrogens is 318 g/mol. The maximum Gasteiger partial charge on any atom is 0.217 e. The molecule has 1 unspecified atom stereocenters. The second kappa shape index (κ2) is 12.7. The Morgan fingerprint density at radius 3 is 2.20 bits per heavy atom. The monoisotopic (exact) mass is 347 g/mol. The number of nitrogens with one attached hydrogen (secondary N) is 3. The SMILES string of the molecule is CC.CC(=O)NC(C)c1ccncc1.CC(=O)NCc1cn[nH]c1C. The van der Waals surface area contributed by atoms with Crippen LogP contribution in [0.4, 0.5) is 0 Å². The summed E-state index contributed by atoms with van der Waals surface area (Å²) < 4.78 is 0. The van der Waals surface area contributed by atoms with E-state index in [1.807, 2.05) is 39.8 Å². The van der Waals surface area contributed by atoms with Crippen LogP contribution >= 0.6 is 0 Å². The number of rotatable bonds is 4. The zero-order valence-electron chi connectivity index (χ0n) is 15.9. The molecule has 25 heavy (non-hydrogen) atoms. The molecule has 2 rings (SSSR count). The number of aryl methyl sites for hydroxylation is 1. The predicted octanol–water partition coefficient (Wildman–Crippen LogP) is 2.66. The van der Waals surface area contributed by atoms with Gasteiger partial charge >= 0.3 is 0 Å². The molecule has 0 spiro atoms. The van der Waals surface area contributed by atoms with Crippen molar-refractivity contribution >= 4 is 11.8 Å². The summed E-state index contributed by atoms with van der Waals surface area (Å²) >= 11 is 0.